The summed E-state index contributed by atoms with van der Waals surface area (Å²) in [5.74, 6) is -0.802. The third kappa shape index (κ3) is 3.37. The van der Waals surface area contributed by atoms with E-state index < -0.39 is 5.97 Å². The van der Waals surface area contributed by atoms with Gasteiger partial charge in [0.25, 0.3) is 0 Å². The monoisotopic (exact) mass is 325 g/mol. The number of hydrogen-bond acceptors (Lipinski definition) is 4. The molecular weight excluding hydrogens is 313 g/mol. The normalized spacial score (nSPS) is 12.0. The highest BCUT2D eigenvalue weighted by Gasteiger charge is 2.16. The molecule has 2 rings (SSSR count). The van der Waals surface area contributed by atoms with Crippen LogP contribution in [-0.4, -0.2) is 16.1 Å². The second-order valence-corrected chi connectivity index (χ2v) is 5.30. The van der Waals surface area contributed by atoms with Gasteiger partial charge in [0.2, 0.25) is 0 Å². The van der Waals surface area contributed by atoms with Gasteiger partial charge >= 0.3 is 5.97 Å². The standard InChI is InChI=1S/C14H13Cl2N3O2/c1-7(9-3-2-8(15)6-11(9)16)19-13-12(17)10(14(20)21)4-5-18-13/h2-7H,17H2,1H3,(H,18,19)(H,20,21). The number of carboxylic acids is 1. The summed E-state index contributed by atoms with van der Waals surface area (Å²) in [4.78, 5) is 15.1. The summed E-state index contributed by atoms with van der Waals surface area (Å²) in [6, 6.07) is 6.29. The average Bonchev–Trinajstić information content (AvgIpc) is 2.40. The van der Waals surface area contributed by atoms with Crippen LogP contribution in [0.4, 0.5) is 11.5 Å². The number of carbonyl (C=O) groups is 1. The third-order valence-corrected chi connectivity index (χ3v) is 3.57. The molecule has 0 aliphatic rings. The van der Waals surface area contributed by atoms with Crippen molar-refractivity contribution in [1.82, 2.24) is 4.98 Å². The van der Waals surface area contributed by atoms with Crippen LogP contribution in [-0.2, 0) is 0 Å². The van der Waals surface area contributed by atoms with Crippen LogP contribution < -0.4 is 11.1 Å². The molecule has 0 bridgehead atoms. The molecule has 0 aliphatic carbocycles. The van der Waals surface area contributed by atoms with E-state index in [0.29, 0.717) is 15.9 Å². The number of nitrogens with one attached hydrogen (secondary N) is 1. The highest BCUT2D eigenvalue weighted by molar-refractivity contribution is 6.35. The number of nitrogens with two attached hydrogens (primary N) is 1. The van der Waals surface area contributed by atoms with Crippen LogP contribution in [0, 0.1) is 0 Å². The minimum absolute atomic E-state index is 0.00176. The van der Waals surface area contributed by atoms with Crippen molar-refractivity contribution in [3.05, 3.63) is 51.6 Å². The number of hydrogen-bond donors (Lipinski definition) is 3. The zero-order valence-electron chi connectivity index (χ0n) is 11.1. The van der Waals surface area contributed by atoms with Crippen LogP contribution in [0.1, 0.15) is 28.9 Å². The van der Waals surface area contributed by atoms with Gasteiger partial charge in [-0.15, -0.1) is 0 Å². The summed E-state index contributed by atoms with van der Waals surface area (Å²) in [6.45, 7) is 1.86. The fourth-order valence-electron chi connectivity index (χ4n) is 1.91. The van der Waals surface area contributed by atoms with Crippen molar-refractivity contribution < 1.29 is 9.90 Å². The molecule has 0 aliphatic heterocycles. The Labute approximate surface area is 131 Å². The van der Waals surface area contributed by atoms with Gasteiger partial charge in [-0.1, -0.05) is 29.3 Å². The highest BCUT2D eigenvalue weighted by Crippen LogP contribution is 2.30. The molecule has 5 nitrogen and oxygen atoms in total. The highest BCUT2D eigenvalue weighted by atomic mass is 35.5. The summed E-state index contributed by atoms with van der Waals surface area (Å²) in [7, 11) is 0. The molecule has 0 saturated heterocycles. The van der Waals surface area contributed by atoms with Crippen LogP contribution in [0.3, 0.4) is 0 Å². The Morgan fingerprint density at radius 1 is 1.38 bits per heavy atom. The van der Waals surface area contributed by atoms with Crippen molar-refractivity contribution in [1.29, 1.82) is 0 Å². The number of nitrogens with zero attached hydrogens (tertiary/aromatic N) is 1. The minimum Gasteiger partial charge on any atom is -0.478 e. The zero-order valence-corrected chi connectivity index (χ0v) is 12.6. The topological polar surface area (TPSA) is 88.2 Å². The van der Waals surface area contributed by atoms with E-state index >= 15 is 0 Å². The van der Waals surface area contributed by atoms with Crippen molar-refractivity contribution in [2.75, 3.05) is 11.1 Å². The van der Waals surface area contributed by atoms with Gasteiger partial charge in [-0.3, -0.25) is 0 Å². The van der Waals surface area contributed by atoms with E-state index in [1.165, 1.54) is 12.3 Å². The average molecular weight is 326 g/mol. The number of aromatic carboxylic acids is 1. The molecule has 21 heavy (non-hydrogen) atoms. The first-order valence-electron chi connectivity index (χ1n) is 6.09. The molecule has 0 saturated carbocycles. The van der Waals surface area contributed by atoms with E-state index in [-0.39, 0.29) is 17.3 Å². The molecule has 110 valence electrons. The number of rotatable bonds is 4. The molecule has 1 aromatic heterocycles. The smallest absolute Gasteiger partial charge is 0.337 e. The first-order valence-corrected chi connectivity index (χ1v) is 6.85. The summed E-state index contributed by atoms with van der Waals surface area (Å²) in [5.41, 5.74) is 6.71. The number of carboxylic acid groups (broad SMARTS) is 1. The maximum absolute atomic E-state index is 11.1. The molecule has 4 N–H and O–H groups in total. The van der Waals surface area contributed by atoms with Gasteiger partial charge in [0.05, 0.1) is 17.3 Å². The predicted octanol–water partition coefficient (Wildman–Crippen LogP) is 3.84. The first-order chi connectivity index (χ1) is 9.90. The number of pyridine rings is 1. The van der Waals surface area contributed by atoms with Crippen LogP contribution in [0.15, 0.2) is 30.5 Å². The first kappa shape index (κ1) is 15.4. The van der Waals surface area contributed by atoms with Gasteiger partial charge in [0, 0.05) is 16.2 Å². The lowest BCUT2D eigenvalue weighted by Crippen LogP contribution is -2.13. The SMILES string of the molecule is CC(Nc1nccc(C(=O)O)c1N)c1ccc(Cl)cc1Cl. The molecule has 0 spiro atoms. The number of benzene rings is 1. The Morgan fingerprint density at radius 3 is 2.71 bits per heavy atom. The Kier molecular flexibility index (Phi) is 4.55. The van der Waals surface area contributed by atoms with E-state index in [0.717, 1.165) is 5.56 Å². The summed E-state index contributed by atoms with van der Waals surface area (Å²) in [6.07, 6.45) is 1.39. The molecule has 1 atom stereocenters. The Hall–Kier alpha value is -1.98. The van der Waals surface area contributed by atoms with Crippen molar-refractivity contribution in [2.24, 2.45) is 0 Å². The maximum Gasteiger partial charge on any atom is 0.337 e. The van der Waals surface area contributed by atoms with Gasteiger partial charge in [-0.2, -0.15) is 0 Å². The predicted molar refractivity (Wildman–Crippen MR) is 84.1 cm³/mol. The molecule has 1 heterocycles. The summed E-state index contributed by atoms with van der Waals surface area (Å²) < 4.78 is 0. The van der Waals surface area contributed by atoms with E-state index in [2.05, 4.69) is 10.3 Å². The molecule has 0 fully saturated rings. The van der Waals surface area contributed by atoms with Crippen LogP contribution in [0.5, 0.6) is 0 Å². The quantitative estimate of drug-likeness (QED) is 0.794. The molecular formula is C14H13Cl2N3O2. The molecule has 0 amide bonds. The van der Waals surface area contributed by atoms with Gasteiger partial charge in [-0.25, -0.2) is 9.78 Å². The molecule has 7 heteroatoms. The molecule has 1 aromatic carbocycles. The van der Waals surface area contributed by atoms with E-state index in [1.54, 1.807) is 18.2 Å². The zero-order chi connectivity index (χ0) is 15.6. The second-order valence-electron chi connectivity index (χ2n) is 4.46. The molecule has 2 aromatic rings. The Bertz CT molecular complexity index is 692. The van der Waals surface area contributed by atoms with Crippen molar-refractivity contribution in [3.63, 3.8) is 0 Å². The number of aromatic nitrogens is 1. The third-order valence-electron chi connectivity index (χ3n) is 3.00. The second kappa shape index (κ2) is 6.20. The number of anilines is 2. The minimum atomic E-state index is -1.10. The van der Waals surface area contributed by atoms with Gasteiger partial charge in [0.1, 0.15) is 0 Å². The van der Waals surface area contributed by atoms with Crippen molar-refractivity contribution in [2.45, 2.75) is 13.0 Å². The van der Waals surface area contributed by atoms with Crippen LogP contribution in [0.2, 0.25) is 10.0 Å². The Balaban J connectivity index is 2.29. The summed E-state index contributed by atoms with van der Waals surface area (Å²) in [5, 5.41) is 13.2. The fourth-order valence-corrected chi connectivity index (χ4v) is 2.48. The van der Waals surface area contributed by atoms with Gasteiger partial charge in [-0.05, 0) is 30.7 Å². The van der Waals surface area contributed by atoms with E-state index in [4.69, 9.17) is 34.0 Å². The fraction of sp³-hybridized carbons (Fsp3) is 0.143. The lowest BCUT2D eigenvalue weighted by atomic mass is 10.1. The van der Waals surface area contributed by atoms with E-state index in [9.17, 15) is 4.79 Å². The Morgan fingerprint density at radius 2 is 2.10 bits per heavy atom. The lowest BCUT2D eigenvalue weighted by Gasteiger charge is -2.18. The lowest BCUT2D eigenvalue weighted by molar-refractivity contribution is 0.0698. The molecule has 1 unspecified atom stereocenters. The van der Waals surface area contributed by atoms with Crippen molar-refractivity contribution >= 4 is 40.7 Å². The largest absolute Gasteiger partial charge is 0.478 e. The van der Waals surface area contributed by atoms with E-state index in [1.807, 2.05) is 6.92 Å². The number of halogens is 2. The molecule has 0 radical (unpaired) electrons. The maximum atomic E-state index is 11.1. The van der Waals surface area contributed by atoms with Gasteiger partial charge in [0.15, 0.2) is 5.82 Å². The van der Waals surface area contributed by atoms with Crippen LogP contribution in [0.25, 0.3) is 0 Å². The summed E-state index contributed by atoms with van der Waals surface area (Å²) >= 11 is 12.0. The van der Waals surface area contributed by atoms with Crippen LogP contribution >= 0.6 is 23.2 Å². The van der Waals surface area contributed by atoms with Gasteiger partial charge < -0.3 is 16.2 Å². The number of nitrogen functional groups attached to an aromatic ring is 1. The van der Waals surface area contributed by atoms with Crippen molar-refractivity contribution in [3.8, 4) is 0 Å².